The molecule has 3 heteroatoms. The number of rotatable bonds is 6. The van der Waals surface area contributed by atoms with Gasteiger partial charge >= 0.3 is 0 Å². The van der Waals surface area contributed by atoms with Gasteiger partial charge in [0.25, 0.3) is 0 Å². The van der Waals surface area contributed by atoms with E-state index >= 15 is 0 Å². The Hall–Kier alpha value is -0.860. The summed E-state index contributed by atoms with van der Waals surface area (Å²) >= 11 is 0. The lowest BCUT2D eigenvalue weighted by molar-refractivity contribution is 0.312. The van der Waals surface area contributed by atoms with Gasteiger partial charge in [-0.05, 0) is 20.3 Å². The molecule has 0 fully saturated rings. The fourth-order valence-corrected chi connectivity index (χ4v) is 1.63. The van der Waals surface area contributed by atoms with Gasteiger partial charge in [-0.25, -0.2) is 0 Å². The number of unbranched alkanes of at least 4 members (excludes halogenated alkanes) is 3. The average Bonchev–Trinajstić information content (AvgIpc) is 2.65. The molecule has 80 valence electrons. The third-order valence-electron chi connectivity index (χ3n) is 2.76. The third-order valence-corrected chi connectivity index (χ3v) is 2.76. The van der Waals surface area contributed by atoms with Crippen LogP contribution in [0.2, 0.25) is 0 Å². The number of aromatic nitrogens is 3. The highest BCUT2D eigenvalue weighted by Gasteiger charge is 2.18. The summed E-state index contributed by atoms with van der Waals surface area (Å²) in [4.78, 5) is 0. The topological polar surface area (TPSA) is 30.7 Å². The van der Waals surface area contributed by atoms with E-state index in [1.54, 1.807) is 12.7 Å². The molecule has 0 atom stereocenters. The van der Waals surface area contributed by atoms with Crippen LogP contribution in [0.15, 0.2) is 12.7 Å². The first-order chi connectivity index (χ1) is 6.67. The number of nitrogens with zero attached hydrogens (tertiary/aromatic N) is 3. The minimum absolute atomic E-state index is 0.164. The van der Waals surface area contributed by atoms with Gasteiger partial charge in [0.05, 0.1) is 0 Å². The van der Waals surface area contributed by atoms with Gasteiger partial charge < -0.3 is 4.57 Å². The summed E-state index contributed by atoms with van der Waals surface area (Å²) in [6.45, 7) is 6.72. The van der Waals surface area contributed by atoms with E-state index < -0.39 is 0 Å². The van der Waals surface area contributed by atoms with Crippen molar-refractivity contribution in [2.45, 2.75) is 58.4 Å². The molecule has 0 spiro atoms. The Kier molecular flexibility index (Phi) is 4.11. The van der Waals surface area contributed by atoms with Gasteiger partial charge in [-0.2, -0.15) is 0 Å². The van der Waals surface area contributed by atoms with Crippen LogP contribution in [0.25, 0.3) is 0 Å². The van der Waals surface area contributed by atoms with Gasteiger partial charge in [0, 0.05) is 5.54 Å². The van der Waals surface area contributed by atoms with Crippen LogP contribution >= 0.6 is 0 Å². The summed E-state index contributed by atoms with van der Waals surface area (Å²) in [7, 11) is 0. The monoisotopic (exact) mass is 195 g/mol. The quantitative estimate of drug-likeness (QED) is 0.653. The van der Waals surface area contributed by atoms with E-state index in [2.05, 4.69) is 35.5 Å². The Morgan fingerprint density at radius 2 is 1.71 bits per heavy atom. The van der Waals surface area contributed by atoms with E-state index in [0.29, 0.717) is 0 Å². The van der Waals surface area contributed by atoms with E-state index in [0.717, 1.165) is 0 Å². The molecular formula is C11H21N3. The molecule has 0 saturated heterocycles. The van der Waals surface area contributed by atoms with Crippen molar-refractivity contribution < 1.29 is 0 Å². The molecule has 0 radical (unpaired) electrons. The van der Waals surface area contributed by atoms with Crippen LogP contribution in [0.1, 0.15) is 52.9 Å². The summed E-state index contributed by atoms with van der Waals surface area (Å²) in [6.07, 6.45) is 10.1. The zero-order chi connectivity index (χ0) is 10.4. The Balaban J connectivity index is 2.35. The normalized spacial score (nSPS) is 11.9. The van der Waals surface area contributed by atoms with E-state index in [1.165, 1.54) is 32.1 Å². The summed E-state index contributed by atoms with van der Waals surface area (Å²) < 4.78 is 2.10. The second-order valence-corrected chi connectivity index (χ2v) is 4.49. The summed E-state index contributed by atoms with van der Waals surface area (Å²) in [5.74, 6) is 0. The van der Waals surface area contributed by atoms with Crippen LogP contribution in [0.5, 0.6) is 0 Å². The molecule has 0 aliphatic rings. The first-order valence-corrected chi connectivity index (χ1v) is 5.52. The van der Waals surface area contributed by atoms with Crippen LogP contribution in [0.4, 0.5) is 0 Å². The molecule has 0 bridgehead atoms. The number of hydrogen-bond acceptors (Lipinski definition) is 2. The van der Waals surface area contributed by atoms with Crippen molar-refractivity contribution in [3.05, 3.63) is 12.7 Å². The van der Waals surface area contributed by atoms with Crippen molar-refractivity contribution in [1.82, 2.24) is 14.8 Å². The molecule has 0 unspecified atom stereocenters. The standard InChI is InChI=1S/C11H21N3/c1-4-5-6-7-8-11(2,3)14-9-12-13-10-14/h9-10H,4-8H2,1-3H3. The Morgan fingerprint density at radius 1 is 1.07 bits per heavy atom. The second-order valence-electron chi connectivity index (χ2n) is 4.49. The van der Waals surface area contributed by atoms with Gasteiger partial charge in [0.2, 0.25) is 0 Å². The summed E-state index contributed by atoms with van der Waals surface area (Å²) in [5.41, 5.74) is 0.164. The van der Waals surface area contributed by atoms with Gasteiger partial charge in [0.1, 0.15) is 12.7 Å². The predicted molar refractivity (Wildman–Crippen MR) is 58.1 cm³/mol. The Bertz CT molecular complexity index is 239. The fourth-order valence-electron chi connectivity index (χ4n) is 1.63. The highest BCUT2D eigenvalue weighted by atomic mass is 15.3. The third kappa shape index (κ3) is 3.13. The van der Waals surface area contributed by atoms with Gasteiger partial charge in [-0.1, -0.05) is 32.6 Å². The van der Waals surface area contributed by atoms with E-state index in [9.17, 15) is 0 Å². The predicted octanol–water partition coefficient (Wildman–Crippen LogP) is 2.98. The first kappa shape index (κ1) is 11.2. The molecule has 0 aliphatic carbocycles. The second kappa shape index (κ2) is 5.13. The smallest absolute Gasteiger partial charge is 0.119 e. The van der Waals surface area contributed by atoms with Gasteiger partial charge in [-0.15, -0.1) is 10.2 Å². The molecule has 0 aromatic carbocycles. The van der Waals surface area contributed by atoms with Crippen molar-refractivity contribution in [1.29, 1.82) is 0 Å². The Labute approximate surface area is 86.5 Å². The van der Waals surface area contributed by atoms with Crippen LogP contribution in [-0.2, 0) is 5.54 Å². The van der Waals surface area contributed by atoms with Crippen LogP contribution in [0, 0.1) is 0 Å². The average molecular weight is 195 g/mol. The highest BCUT2D eigenvalue weighted by molar-refractivity contribution is 4.80. The van der Waals surface area contributed by atoms with Crippen LogP contribution < -0.4 is 0 Å². The van der Waals surface area contributed by atoms with Crippen molar-refractivity contribution in [2.24, 2.45) is 0 Å². The van der Waals surface area contributed by atoms with Crippen molar-refractivity contribution >= 4 is 0 Å². The molecular weight excluding hydrogens is 174 g/mol. The van der Waals surface area contributed by atoms with E-state index in [1.807, 2.05) is 0 Å². The maximum atomic E-state index is 3.85. The van der Waals surface area contributed by atoms with Gasteiger partial charge in [-0.3, -0.25) is 0 Å². The van der Waals surface area contributed by atoms with Crippen molar-refractivity contribution in [2.75, 3.05) is 0 Å². The van der Waals surface area contributed by atoms with E-state index in [4.69, 9.17) is 0 Å². The zero-order valence-corrected chi connectivity index (χ0v) is 9.53. The maximum absolute atomic E-state index is 3.85. The Morgan fingerprint density at radius 3 is 2.29 bits per heavy atom. The molecule has 1 heterocycles. The van der Waals surface area contributed by atoms with Crippen LogP contribution in [-0.4, -0.2) is 14.8 Å². The molecule has 1 aromatic heterocycles. The lowest BCUT2D eigenvalue weighted by Gasteiger charge is -2.25. The molecule has 1 aromatic rings. The number of hydrogen-bond donors (Lipinski definition) is 0. The molecule has 3 nitrogen and oxygen atoms in total. The molecule has 0 aliphatic heterocycles. The highest BCUT2D eigenvalue weighted by Crippen LogP contribution is 2.22. The van der Waals surface area contributed by atoms with Crippen LogP contribution in [0.3, 0.4) is 0 Å². The zero-order valence-electron chi connectivity index (χ0n) is 9.53. The lowest BCUT2D eigenvalue weighted by atomic mass is 9.96. The summed E-state index contributed by atoms with van der Waals surface area (Å²) in [5, 5.41) is 7.69. The minimum atomic E-state index is 0.164. The lowest BCUT2D eigenvalue weighted by Crippen LogP contribution is -2.24. The van der Waals surface area contributed by atoms with E-state index in [-0.39, 0.29) is 5.54 Å². The fraction of sp³-hybridized carbons (Fsp3) is 0.818. The summed E-state index contributed by atoms with van der Waals surface area (Å²) in [6, 6.07) is 0. The van der Waals surface area contributed by atoms with Crippen molar-refractivity contribution in [3.8, 4) is 0 Å². The molecule has 0 amide bonds. The first-order valence-electron chi connectivity index (χ1n) is 5.52. The molecule has 0 saturated carbocycles. The minimum Gasteiger partial charge on any atom is -0.315 e. The molecule has 1 rings (SSSR count). The molecule has 0 N–H and O–H groups in total. The van der Waals surface area contributed by atoms with Gasteiger partial charge in [0.15, 0.2) is 0 Å². The van der Waals surface area contributed by atoms with Crippen molar-refractivity contribution in [3.63, 3.8) is 0 Å². The SMILES string of the molecule is CCCCCCC(C)(C)n1cnnc1. The molecule has 14 heavy (non-hydrogen) atoms. The largest absolute Gasteiger partial charge is 0.315 e. The maximum Gasteiger partial charge on any atom is 0.119 e.